The second-order valence-electron chi connectivity index (χ2n) is 19.1. The summed E-state index contributed by atoms with van der Waals surface area (Å²) in [5, 5.41) is 13.9. The number of hydrogen-bond donors (Lipinski definition) is 2. The van der Waals surface area contributed by atoms with E-state index < -0.39 is 35.5 Å². The Morgan fingerprint density at radius 3 is 2.49 bits per heavy atom. The van der Waals surface area contributed by atoms with Gasteiger partial charge in [0.2, 0.25) is 0 Å². The maximum Gasteiger partial charge on any atom is 0.273 e. The lowest BCUT2D eigenvalue weighted by Crippen LogP contribution is -2.47. The van der Waals surface area contributed by atoms with Crippen LogP contribution in [0, 0.1) is 21.4 Å². The van der Waals surface area contributed by atoms with Crippen LogP contribution in [0.4, 0.5) is 11.4 Å². The number of carbonyl (C=O) groups is 1. The smallest absolute Gasteiger partial charge is 0.273 e. The zero-order valence-electron chi connectivity index (χ0n) is 39.2. The van der Waals surface area contributed by atoms with Crippen LogP contribution >= 0.6 is 11.6 Å². The van der Waals surface area contributed by atoms with Crippen molar-refractivity contribution in [2.75, 3.05) is 75.3 Å². The van der Waals surface area contributed by atoms with Crippen molar-refractivity contribution in [3.8, 4) is 11.5 Å². The molecule has 2 saturated heterocycles. The summed E-state index contributed by atoms with van der Waals surface area (Å²) in [6.45, 7) is 15.2. The number of carbonyl (C=O) groups excluding carboxylic acids is 1. The number of halogens is 1. The summed E-state index contributed by atoms with van der Waals surface area (Å²) in [5.74, 6) is 0.645. The van der Waals surface area contributed by atoms with E-state index in [1.807, 2.05) is 32.0 Å². The van der Waals surface area contributed by atoms with Crippen molar-refractivity contribution in [1.82, 2.24) is 24.5 Å². The first-order valence-electron chi connectivity index (χ1n) is 23.4. The monoisotopic (exact) mass is 984 g/mol. The van der Waals surface area contributed by atoms with E-state index in [4.69, 9.17) is 16.3 Å². The molecule has 1 aliphatic carbocycles. The van der Waals surface area contributed by atoms with E-state index in [1.165, 1.54) is 35.0 Å². The van der Waals surface area contributed by atoms with Crippen molar-refractivity contribution in [1.29, 1.82) is 0 Å². The number of anilines is 1. The van der Waals surface area contributed by atoms with Crippen LogP contribution in [0.25, 0.3) is 16.6 Å². The van der Waals surface area contributed by atoms with E-state index in [0.717, 1.165) is 87.1 Å². The van der Waals surface area contributed by atoms with E-state index in [-0.39, 0.29) is 28.3 Å². The molecule has 2 fully saturated rings. The fourth-order valence-corrected chi connectivity index (χ4v) is 12.6. The zero-order chi connectivity index (χ0) is 48.2. The van der Waals surface area contributed by atoms with Crippen LogP contribution in [0.5, 0.6) is 11.5 Å². The van der Waals surface area contributed by atoms with Gasteiger partial charge in [0.15, 0.2) is 0 Å². The third-order valence-corrected chi connectivity index (χ3v) is 17.4. The minimum atomic E-state index is -4.58. The predicted octanol–water partition coefficient (Wildman–Crippen LogP) is 9.19. The molecule has 362 valence electrons. The summed E-state index contributed by atoms with van der Waals surface area (Å²) in [6.07, 6.45) is 7.57. The van der Waals surface area contributed by atoms with E-state index in [9.17, 15) is 27.5 Å². The molecule has 18 heteroatoms. The average molecular weight is 986 g/mol. The van der Waals surface area contributed by atoms with Gasteiger partial charge in [-0.15, -0.1) is 0 Å². The third-order valence-electron chi connectivity index (χ3n) is 13.5. The average Bonchev–Trinajstić information content (AvgIpc) is 3.78. The van der Waals surface area contributed by atoms with Gasteiger partial charge in [0.05, 0.1) is 21.6 Å². The molecule has 4 heterocycles. The number of fused-ring (bicyclic) bond motifs is 1. The summed E-state index contributed by atoms with van der Waals surface area (Å²) >= 11 is 6.25. The molecule has 1 amide bonds. The largest absolute Gasteiger partial charge is 0.455 e. The van der Waals surface area contributed by atoms with Crippen molar-refractivity contribution < 1.29 is 27.1 Å². The van der Waals surface area contributed by atoms with Gasteiger partial charge in [-0.05, 0) is 111 Å². The molecule has 3 aromatic carbocycles. The van der Waals surface area contributed by atoms with Crippen molar-refractivity contribution >= 4 is 65.2 Å². The second-order valence-corrected chi connectivity index (χ2v) is 23.8. The number of sulfonamides is 1. The van der Waals surface area contributed by atoms with Crippen LogP contribution in [-0.2, 0) is 26.2 Å². The predicted molar refractivity (Wildman–Crippen MR) is 270 cm³/mol. The van der Waals surface area contributed by atoms with E-state index >= 15 is 0 Å². The summed E-state index contributed by atoms with van der Waals surface area (Å²) in [4.78, 5) is 39.8. The molecular formula is C50H61ClN8O7S2. The lowest BCUT2D eigenvalue weighted by atomic mass is 9.72. The Morgan fingerprint density at radius 2 is 1.76 bits per heavy atom. The number of nitrogens with one attached hydrogen (secondary N) is 2. The normalized spacial score (nSPS) is 18.3. The molecule has 1 atom stereocenters. The van der Waals surface area contributed by atoms with Gasteiger partial charge in [-0.25, -0.2) is 26.7 Å². The molecule has 3 aliphatic rings. The van der Waals surface area contributed by atoms with Gasteiger partial charge in [-0.2, -0.15) is 0 Å². The molecule has 8 rings (SSSR count). The Morgan fingerprint density at radius 1 is 1.01 bits per heavy atom. The summed E-state index contributed by atoms with van der Waals surface area (Å²) < 4.78 is 53.3. The van der Waals surface area contributed by atoms with E-state index in [1.54, 1.807) is 30.5 Å². The number of amides is 1. The maximum absolute atomic E-state index is 14.0. The van der Waals surface area contributed by atoms with Gasteiger partial charge in [0, 0.05) is 114 Å². The third kappa shape index (κ3) is 11.9. The first kappa shape index (κ1) is 49.1. The highest BCUT2D eigenvalue weighted by atomic mass is 35.5. The first-order chi connectivity index (χ1) is 32.5. The fourth-order valence-electron chi connectivity index (χ4n) is 9.50. The Kier molecular flexibility index (Phi) is 15.0. The number of nitrogens with zero attached hydrogens (tertiary/aromatic N) is 6. The van der Waals surface area contributed by atoms with Gasteiger partial charge in [-0.1, -0.05) is 56.1 Å². The van der Waals surface area contributed by atoms with Crippen LogP contribution in [-0.4, -0.2) is 114 Å². The minimum Gasteiger partial charge on any atom is -0.455 e. The molecule has 2 aliphatic heterocycles. The number of pyridine rings is 1. The van der Waals surface area contributed by atoms with Crippen molar-refractivity contribution in [3.63, 3.8) is 0 Å². The highest BCUT2D eigenvalue weighted by molar-refractivity contribution is 7.93. The van der Waals surface area contributed by atoms with Crippen LogP contribution in [0.3, 0.4) is 0 Å². The van der Waals surface area contributed by atoms with Crippen molar-refractivity contribution in [3.05, 3.63) is 123 Å². The number of nitro groups is 1. The van der Waals surface area contributed by atoms with Gasteiger partial charge in [0.1, 0.15) is 17.1 Å². The van der Waals surface area contributed by atoms with Gasteiger partial charge in [0.25, 0.3) is 21.6 Å². The molecule has 15 nitrogen and oxygen atoms in total. The van der Waals surface area contributed by atoms with E-state index in [2.05, 4.69) is 59.7 Å². The number of nitro benzene ring substituents is 1. The van der Waals surface area contributed by atoms with Crippen LogP contribution in [0.1, 0.15) is 74.9 Å². The highest BCUT2D eigenvalue weighted by Gasteiger charge is 2.31. The van der Waals surface area contributed by atoms with Crippen LogP contribution in [0.2, 0.25) is 5.02 Å². The summed E-state index contributed by atoms with van der Waals surface area (Å²) in [5.41, 5.74) is 5.80. The van der Waals surface area contributed by atoms with Gasteiger partial charge >= 0.3 is 0 Å². The second kappa shape index (κ2) is 20.7. The summed E-state index contributed by atoms with van der Waals surface area (Å²) in [6, 6.07) is 20.6. The number of allylic oxidation sites excluding steroid dienone is 1. The van der Waals surface area contributed by atoms with Gasteiger partial charge in [-0.3, -0.25) is 19.8 Å². The number of rotatable bonds is 16. The number of aromatic nitrogens is 2. The Labute approximate surface area is 404 Å². The number of piperazine rings is 1. The topological polar surface area (TPSA) is 183 Å². The SMILES string of the molecule is CCN=S1(=O)CCN(CC[C@H](C)Cc2ccc(S(=O)(=O)NC(=O)c3ccc(N4CCN(CC5=C(c6ccc(Cl)cc6)CC(C)(C)CC5)CC4)cc3Oc3cnc4[nH]ccc4c3)cc2[N+](=O)[O-])CC1. The zero-order valence-corrected chi connectivity index (χ0v) is 41.6. The van der Waals surface area contributed by atoms with Crippen LogP contribution in [0.15, 0.2) is 100 Å². The maximum atomic E-state index is 14.0. The minimum absolute atomic E-state index is 0.0391. The number of aromatic amines is 1. The molecule has 2 aromatic heterocycles. The quantitative estimate of drug-likeness (QED) is 0.0710. The number of benzene rings is 3. The summed E-state index contributed by atoms with van der Waals surface area (Å²) in [7, 11) is -6.72. The molecule has 0 spiro atoms. The Balaban J connectivity index is 0.965. The van der Waals surface area contributed by atoms with Crippen molar-refractivity contribution in [2.45, 2.75) is 64.7 Å². The number of H-pyrrole nitrogens is 1. The molecule has 5 aromatic rings. The van der Waals surface area contributed by atoms with E-state index in [0.29, 0.717) is 54.5 Å². The fraction of sp³-hybridized carbons (Fsp3) is 0.440. The number of hydrogen-bond acceptors (Lipinski definition) is 12. The Hall–Kier alpha value is -5.33. The highest BCUT2D eigenvalue weighted by Crippen LogP contribution is 2.43. The molecule has 0 unspecified atom stereocenters. The number of ether oxygens (including phenoxy) is 1. The standard InChI is InChI=1S/C50H61ClN8O7S2/c1-5-54-67(63)26-24-56(25-27-67)19-16-35(2)28-37-8-12-43(31-46(37)59(61)62)68(64,65)55-49(60)44-13-11-41(30-47(44)66-42-29-38-15-18-52-48(38)53-33-42)58-22-20-57(21-23-58)34-39-14-17-50(3,4)32-45(39)36-6-9-40(51)10-7-36/h6-13,15,18,29-31,33,35H,5,14,16-17,19-28,32,34H2,1-4H3,(H,52,53)(H,55,60)/t35-/m0/s1. The molecule has 68 heavy (non-hydrogen) atoms. The lowest BCUT2D eigenvalue weighted by Gasteiger charge is -2.39. The molecule has 0 saturated carbocycles. The molecular weight excluding hydrogens is 924 g/mol. The van der Waals surface area contributed by atoms with Gasteiger partial charge < -0.3 is 19.5 Å². The lowest BCUT2D eigenvalue weighted by molar-refractivity contribution is -0.385. The van der Waals surface area contributed by atoms with Crippen LogP contribution < -0.4 is 14.4 Å². The molecule has 0 bridgehead atoms. The Bertz CT molecular complexity index is 2930. The van der Waals surface area contributed by atoms with Crippen molar-refractivity contribution in [2.24, 2.45) is 15.7 Å². The molecule has 0 radical (unpaired) electrons. The first-order valence-corrected chi connectivity index (χ1v) is 27.1. The molecule has 2 N–H and O–H groups in total.